The minimum atomic E-state index is -0.988. The standard InChI is InChI=1S/C16H22N2O3/c1-16(2)7-4-3-5-13(16)14(19)18-10-12-9-11(15(20)21)6-8-17-12/h6,8-9,13H,3-5,7,10H2,1-2H3,(H,18,19)(H,20,21). The van der Waals surface area contributed by atoms with Gasteiger partial charge in [0.2, 0.25) is 5.91 Å². The van der Waals surface area contributed by atoms with Crippen molar-refractivity contribution in [3.05, 3.63) is 29.6 Å². The highest BCUT2D eigenvalue weighted by Crippen LogP contribution is 2.40. The predicted molar refractivity (Wildman–Crippen MR) is 78.8 cm³/mol. The first-order valence-electron chi connectivity index (χ1n) is 7.36. The van der Waals surface area contributed by atoms with E-state index in [0.29, 0.717) is 5.69 Å². The number of nitrogens with zero attached hydrogens (tertiary/aromatic N) is 1. The Balaban J connectivity index is 1.97. The number of rotatable bonds is 4. The second-order valence-corrected chi connectivity index (χ2v) is 6.35. The van der Waals surface area contributed by atoms with Crippen molar-refractivity contribution in [2.75, 3.05) is 0 Å². The zero-order chi connectivity index (χ0) is 15.5. The molecule has 1 saturated carbocycles. The molecule has 1 atom stereocenters. The fourth-order valence-corrected chi connectivity index (χ4v) is 2.99. The van der Waals surface area contributed by atoms with Crippen molar-refractivity contribution in [2.24, 2.45) is 11.3 Å². The van der Waals surface area contributed by atoms with Gasteiger partial charge in [0.05, 0.1) is 17.8 Å². The third kappa shape index (κ3) is 3.80. The molecule has 1 aliphatic carbocycles. The third-order valence-electron chi connectivity index (χ3n) is 4.33. The topological polar surface area (TPSA) is 79.3 Å². The number of carboxylic acids is 1. The van der Waals surface area contributed by atoms with Gasteiger partial charge in [-0.15, -0.1) is 0 Å². The molecule has 21 heavy (non-hydrogen) atoms. The van der Waals surface area contributed by atoms with Gasteiger partial charge in [0.25, 0.3) is 0 Å². The number of hydrogen-bond donors (Lipinski definition) is 2. The lowest BCUT2D eigenvalue weighted by atomic mass is 9.68. The van der Waals surface area contributed by atoms with Gasteiger partial charge in [0.1, 0.15) is 0 Å². The van der Waals surface area contributed by atoms with Gasteiger partial charge in [-0.05, 0) is 30.4 Å². The minimum absolute atomic E-state index is 0.0221. The molecule has 2 N–H and O–H groups in total. The summed E-state index contributed by atoms with van der Waals surface area (Å²) in [6.07, 6.45) is 5.71. The van der Waals surface area contributed by atoms with Crippen LogP contribution >= 0.6 is 0 Å². The number of hydrogen-bond acceptors (Lipinski definition) is 3. The molecule has 0 saturated heterocycles. The fourth-order valence-electron chi connectivity index (χ4n) is 2.99. The number of carbonyl (C=O) groups excluding carboxylic acids is 1. The second-order valence-electron chi connectivity index (χ2n) is 6.35. The monoisotopic (exact) mass is 290 g/mol. The van der Waals surface area contributed by atoms with Crippen LogP contribution in [0.5, 0.6) is 0 Å². The van der Waals surface area contributed by atoms with Crippen LogP contribution < -0.4 is 5.32 Å². The van der Waals surface area contributed by atoms with Crippen molar-refractivity contribution in [3.8, 4) is 0 Å². The first-order chi connectivity index (χ1) is 9.90. The Bertz CT molecular complexity index is 540. The molecule has 1 aliphatic rings. The molecule has 0 radical (unpaired) electrons. The van der Waals surface area contributed by atoms with E-state index >= 15 is 0 Å². The van der Waals surface area contributed by atoms with Crippen molar-refractivity contribution in [3.63, 3.8) is 0 Å². The van der Waals surface area contributed by atoms with E-state index in [1.807, 2.05) is 0 Å². The van der Waals surface area contributed by atoms with E-state index in [0.717, 1.165) is 19.3 Å². The van der Waals surface area contributed by atoms with Crippen LogP contribution in [0.1, 0.15) is 55.6 Å². The summed E-state index contributed by atoms with van der Waals surface area (Å²) >= 11 is 0. The van der Waals surface area contributed by atoms with Crippen molar-refractivity contribution in [1.29, 1.82) is 0 Å². The lowest BCUT2D eigenvalue weighted by Gasteiger charge is -2.37. The summed E-state index contributed by atoms with van der Waals surface area (Å²) in [5, 5.41) is 11.8. The predicted octanol–water partition coefficient (Wildman–Crippen LogP) is 2.61. The number of carbonyl (C=O) groups is 2. The Labute approximate surface area is 124 Å². The molecule has 5 nitrogen and oxygen atoms in total. The number of aromatic nitrogens is 1. The van der Waals surface area contributed by atoms with E-state index in [9.17, 15) is 9.59 Å². The zero-order valence-corrected chi connectivity index (χ0v) is 12.6. The highest BCUT2D eigenvalue weighted by Gasteiger charge is 2.36. The molecule has 5 heteroatoms. The first-order valence-corrected chi connectivity index (χ1v) is 7.36. The van der Waals surface area contributed by atoms with Gasteiger partial charge < -0.3 is 10.4 Å². The molecule has 0 aromatic carbocycles. The average molecular weight is 290 g/mol. The Morgan fingerprint density at radius 2 is 2.19 bits per heavy atom. The molecular formula is C16H22N2O3. The largest absolute Gasteiger partial charge is 0.478 e. The molecule has 0 bridgehead atoms. The maximum absolute atomic E-state index is 12.4. The van der Waals surface area contributed by atoms with Crippen molar-refractivity contribution in [1.82, 2.24) is 10.3 Å². The van der Waals surface area contributed by atoms with Crippen molar-refractivity contribution < 1.29 is 14.7 Å². The quantitative estimate of drug-likeness (QED) is 0.893. The summed E-state index contributed by atoms with van der Waals surface area (Å²) < 4.78 is 0. The van der Waals surface area contributed by atoms with Gasteiger partial charge in [0, 0.05) is 12.1 Å². The highest BCUT2D eigenvalue weighted by molar-refractivity contribution is 5.87. The molecule has 2 rings (SSSR count). The van der Waals surface area contributed by atoms with Gasteiger partial charge in [-0.2, -0.15) is 0 Å². The van der Waals surface area contributed by atoms with E-state index < -0.39 is 5.97 Å². The highest BCUT2D eigenvalue weighted by atomic mass is 16.4. The molecule has 1 fully saturated rings. The summed E-state index contributed by atoms with van der Waals surface area (Å²) in [5.74, 6) is -0.922. The van der Waals surface area contributed by atoms with Crippen molar-refractivity contribution >= 4 is 11.9 Å². The van der Waals surface area contributed by atoms with Crippen LogP contribution in [0.15, 0.2) is 18.3 Å². The van der Waals surface area contributed by atoms with E-state index in [2.05, 4.69) is 24.1 Å². The van der Waals surface area contributed by atoms with Crippen molar-refractivity contribution in [2.45, 2.75) is 46.1 Å². The number of amides is 1. The molecule has 114 valence electrons. The Morgan fingerprint density at radius 3 is 2.86 bits per heavy atom. The van der Waals surface area contributed by atoms with Gasteiger partial charge in [-0.3, -0.25) is 9.78 Å². The summed E-state index contributed by atoms with van der Waals surface area (Å²) in [4.78, 5) is 27.4. The molecule has 0 aliphatic heterocycles. The zero-order valence-electron chi connectivity index (χ0n) is 12.6. The SMILES string of the molecule is CC1(C)CCCCC1C(=O)NCc1cc(C(=O)O)ccn1. The summed E-state index contributed by atoms with van der Waals surface area (Å²) in [6, 6.07) is 2.94. The van der Waals surface area contributed by atoms with Gasteiger partial charge in [-0.25, -0.2) is 4.79 Å². The number of nitrogens with one attached hydrogen (secondary N) is 1. The van der Waals surface area contributed by atoms with Crippen LogP contribution in [0.2, 0.25) is 0 Å². The lowest BCUT2D eigenvalue weighted by molar-refractivity contribution is -0.130. The fraction of sp³-hybridized carbons (Fsp3) is 0.562. The Morgan fingerprint density at radius 1 is 1.43 bits per heavy atom. The molecule has 1 aromatic rings. The van der Waals surface area contributed by atoms with Crippen LogP contribution in [-0.4, -0.2) is 22.0 Å². The Kier molecular flexibility index (Phi) is 4.60. The van der Waals surface area contributed by atoms with Crippen LogP contribution in [0.3, 0.4) is 0 Å². The van der Waals surface area contributed by atoms with Crippen LogP contribution in [0, 0.1) is 11.3 Å². The first kappa shape index (κ1) is 15.5. The number of carboxylic acid groups (broad SMARTS) is 1. The summed E-state index contributed by atoms with van der Waals surface area (Å²) in [6.45, 7) is 4.55. The lowest BCUT2D eigenvalue weighted by Crippen LogP contribution is -2.40. The molecule has 1 unspecified atom stereocenters. The van der Waals surface area contributed by atoms with E-state index in [4.69, 9.17) is 5.11 Å². The molecule has 1 heterocycles. The normalized spacial score (nSPS) is 20.8. The molecule has 1 aromatic heterocycles. The van der Waals surface area contributed by atoms with E-state index in [1.165, 1.54) is 24.8 Å². The van der Waals surface area contributed by atoms with Crippen LogP contribution in [0.4, 0.5) is 0 Å². The van der Waals surface area contributed by atoms with Gasteiger partial charge in [0.15, 0.2) is 0 Å². The maximum Gasteiger partial charge on any atom is 0.335 e. The number of pyridine rings is 1. The molecule has 0 spiro atoms. The molecular weight excluding hydrogens is 268 g/mol. The average Bonchev–Trinajstić information content (AvgIpc) is 2.44. The molecule has 1 amide bonds. The minimum Gasteiger partial charge on any atom is -0.478 e. The summed E-state index contributed by atoms with van der Waals surface area (Å²) in [5.41, 5.74) is 0.780. The van der Waals surface area contributed by atoms with Gasteiger partial charge >= 0.3 is 5.97 Å². The van der Waals surface area contributed by atoms with E-state index in [1.54, 1.807) is 0 Å². The smallest absolute Gasteiger partial charge is 0.335 e. The second kappa shape index (κ2) is 6.24. The van der Waals surface area contributed by atoms with E-state index in [-0.39, 0.29) is 29.3 Å². The third-order valence-corrected chi connectivity index (χ3v) is 4.33. The van der Waals surface area contributed by atoms with Crippen LogP contribution in [-0.2, 0) is 11.3 Å². The maximum atomic E-state index is 12.4. The van der Waals surface area contributed by atoms with Gasteiger partial charge in [-0.1, -0.05) is 26.7 Å². The van der Waals surface area contributed by atoms with Crippen LogP contribution in [0.25, 0.3) is 0 Å². The Hall–Kier alpha value is -1.91. The summed E-state index contributed by atoms with van der Waals surface area (Å²) in [7, 11) is 0. The number of aromatic carboxylic acids is 1.